The van der Waals surface area contributed by atoms with Crippen molar-refractivity contribution in [3.8, 4) is 0 Å². The molecule has 0 fully saturated rings. The molecule has 0 aromatic carbocycles. The molecule has 1 rings (SSSR count). The summed E-state index contributed by atoms with van der Waals surface area (Å²) >= 11 is 8.65. The molecule has 0 spiro atoms. The van der Waals surface area contributed by atoms with E-state index >= 15 is 0 Å². The van der Waals surface area contributed by atoms with E-state index in [2.05, 4.69) is 9.59 Å². The van der Waals surface area contributed by atoms with Crippen LogP contribution in [0.1, 0.15) is 19.0 Å². The number of carbonyl (C=O) groups is 1. The van der Waals surface area contributed by atoms with Crippen molar-refractivity contribution in [3.05, 3.63) is 10.0 Å². The fraction of sp³-hybridized carbons (Fsp3) is 0.667. The van der Waals surface area contributed by atoms with Gasteiger partial charge in [0.25, 0.3) is 0 Å². The van der Waals surface area contributed by atoms with Crippen molar-refractivity contribution >= 4 is 40.9 Å². The fourth-order valence-electron chi connectivity index (χ4n) is 1.03. The molecule has 5 nitrogen and oxygen atoms in total. The van der Waals surface area contributed by atoms with E-state index in [4.69, 9.17) is 22.1 Å². The highest BCUT2D eigenvalue weighted by Gasteiger charge is 2.14. The van der Waals surface area contributed by atoms with Gasteiger partial charge < -0.3 is 10.5 Å². The Bertz CT molecular complexity index is 362. The number of hydrogen-bond acceptors (Lipinski definition) is 7. The van der Waals surface area contributed by atoms with Gasteiger partial charge in [-0.2, -0.15) is 11.8 Å². The third kappa shape index (κ3) is 5.20. The third-order valence-electron chi connectivity index (χ3n) is 1.91. The molecule has 1 aromatic heterocycles. The van der Waals surface area contributed by atoms with Gasteiger partial charge in [-0.3, -0.25) is 4.79 Å². The standard InChI is InChI=1S/C9H14ClN3O2S2/c1-2-15-9(14)6(11)3-4-16-5-7-8(10)17-13-12-7/h6H,2-5,11H2,1H3. The molecule has 0 saturated heterocycles. The molecule has 8 heteroatoms. The summed E-state index contributed by atoms with van der Waals surface area (Å²) in [4.78, 5) is 11.2. The summed E-state index contributed by atoms with van der Waals surface area (Å²) in [6, 6.07) is -0.550. The molecule has 17 heavy (non-hydrogen) atoms. The molecule has 0 aliphatic carbocycles. The molecule has 0 amide bonds. The summed E-state index contributed by atoms with van der Waals surface area (Å²) in [7, 11) is 0. The van der Waals surface area contributed by atoms with E-state index in [1.165, 1.54) is 11.5 Å². The maximum Gasteiger partial charge on any atom is 0.322 e. The number of halogens is 1. The zero-order valence-electron chi connectivity index (χ0n) is 9.39. The number of hydrogen-bond donors (Lipinski definition) is 1. The van der Waals surface area contributed by atoms with Crippen molar-refractivity contribution in [1.82, 2.24) is 9.59 Å². The lowest BCUT2D eigenvalue weighted by atomic mass is 10.2. The Labute approximate surface area is 113 Å². The lowest BCUT2D eigenvalue weighted by Gasteiger charge is -2.09. The molecule has 96 valence electrons. The van der Waals surface area contributed by atoms with Crippen molar-refractivity contribution < 1.29 is 9.53 Å². The number of rotatable bonds is 7. The van der Waals surface area contributed by atoms with Crippen LogP contribution in [0.4, 0.5) is 0 Å². The van der Waals surface area contributed by atoms with Crippen molar-refractivity contribution in [2.24, 2.45) is 5.73 Å². The van der Waals surface area contributed by atoms with Crippen molar-refractivity contribution in [2.75, 3.05) is 12.4 Å². The molecule has 2 N–H and O–H groups in total. The topological polar surface area (TPSA) is 78.1 Å². The van der Waals surface area contributed by atoms with Crippen LogP contribution in [0.15, 0.2) is 0 Å². The van der Waals surface area contributed by atoms with Gasteiger partial charge in [0, 0.05) is 17.3 Å². The number of aromatic nitrogens is 2. The lowest BCUT2D eigenvalue weighted by molar-refractivity contribution is -0.144. The largest absolute Gasteiger partial charge is 0.465 e. The number of carbonyl (C=O) groups excluding carboxylic acids is 1. The molecule has 0 aliphatic rings. The summed E-state index contributed by atoms with van der Waals surface area (Å²) in [5, 5.41) is 3.89. The summed E-state index contributed by atoms with van der Waals surface area (Å²) in [5.74, 6) is 1.10. The van der Waals surface area contributed by atoms with E-state index in [-0.39, 0.29) is 5.97 Å². The second-order valence-corrected chi connectivity index (χ2v) is 5.65. The minimum absolute atomic E-state index is 0.346. The molecule has 0 radical (unpaired) electrons. The second-order valence-electron chi connectivity index (χ2n) is 3.19. The average molecular weight is 296 g/mol. The minimum Gasteiger partial charge on any atom is -0.465 e. The predicted molar refractivity (Wildman–Crippen MR) is 70.3 cm³/mol. The number of thioether (sulfide) groups is 1. The molecule has 0 saturated carbocycles. The van der Waals surface area contributed by atoms with Crippen LogP contribution in [-0.4, -0.2) is 34.0 Å². The molecule has 1 heterocycles. The van der Waals surface area contributed by atoms with Crippen LogP contribution in [0.2, 0.25) is 4.34 Å². The molecule has 1 atom stereocenters. The average Bonchev–Trinajstić information content (AvgIpc) is 2.70. The van der Waals surface area contributed by atoms with E-state index in [9.17, 15) is 4.79 Å². The van der Waals surface area contributed by atoms with Crippen molar-refractivity contribution in [3.63, 3.8) is 0 Å². The van der Waals surface area contributed by atoms with Crippen LogP contribution in [0.3, 0.4) is 0 Å². The van der Waals surface area contributed by atoms with Gasteiger partial charge in [0.15, 0.2) is 0 Å². The summed E-state index contributed by atoms with van der Waals surface area (Å²) in [5.41, 5.74) is 6.44. The van der Waals surface area contributed by atoms with Gasteiger partial charge in [-0.1, -0.05) is 16.1 Å². The maximum atomic E-state index is 11.2. The van der Waals surface area contributed by atoms with Gasteiger partial charge in [0.05, 0.1) is 6.61 Å². The maximum absolute atomic E-state index is 11.2. The highest BCUT2D eigenvalue weighted by atomic mass is 35.5. The Morgan fingerprint density at radius 2 is 2.47 bits per heavy atom. The van der Waals surface area contributed by atoms with Crippen LogP contribution < -0.4 is 5.73 Å². The lowest BCUT2D eigenvalue weighted by Crippen LogP contribution is -2.32. The molecular weight excluding hydrogens is 282 g/mol. The Kier molecular flexibility index (Phi) is 6.79. The smallest absolute Gasteiger partial charge is 0.322 e. The van der Waals surface area contributed by atoms with Gasteiger partial charge >= 0.3 is 5.97 Å². The highest BCUT2D eigenvalue weighted by molar-refractivity contribution is 7.98. The first-order valence-corrected chi connectivity index (χ1v) is 7.42. The highest BCUT2D eigenvalue weighted by Crippen LogP contribution is 2.22. The fourth-order valence-corrected chi connectivity index (χ4v) is 2.79. The van der Waals surface area contributed by atoms with E-state index in [1.54, 1.807) is 18.7 Å². The molecule has 0 aliphatic heterocycles. The van der Waals surface area contributed by atoms with E-state index < -0.39 is 6.04 Å². The Morgan fingerprint density at radius 1 is 1.71 bits per heavy atom. The first kappa shape index (κ1) is 14.7. The van der Waals surface area contributed by atoms with Gasteiger partial charge in [0.1, 0.15) is 16.1 Å². The SMILES string of the molecule is CCOC(=O)C(N)CCSCc1nnsc1Cl. The van der Waals surface area contributed by atoms with Crippen LogP contribution in [-0.2, 0) is 15.3 Å². The summed E-state index contributed by atoms with van der Waals surface area (Å²) in [6.45, 7) is 2.12. The Balaban J connectivity index is 2.16. The summed E-state index contributed by atoms with van der Waals surface area (Å²) < 4.78 is 9.16. The van der Waals surface area contributed by atoms with Crippen LogP contribution in [0.5, 0.6) is 0 Å². The number of nitrogens with zero attached hydrogens (tertiary/aromatic N) is 2. The monoisotopic (exact) mass is 295 g/mol. The Hall–Kier alpha value is -0.370. The third-order valence-corrected chi connectivity index (χ3v) is 3.90. The quantitative estimate of drug-likeness (QED) is 0.609. The van der Waals surface area contributed by atoms with Crippen molar-refractivity contribution in [1.29, 1.82) is 0 Å². The molecule has 1 unspecified atom stereocenters. The normalized spacial score (nSPS) is 12.4. The molecule has 0 bridgehead atoms. The van der Waals surface area contributed by atoms with Crippen LogP contribution in [0.25, 0.3) is 0 Å². The van der Waals surface area contributed by atoms with E-state index in [0.29, 0.717) is 23.1 Å². The van der Waals surface area contributed by atoms with Gasteiger partial charge in [0.2, 0.25) is 0 Å². The van der Waals surface area contributed by atoms with Crippen molar-refractivity contribution in [2.45, 2.75) is 25.1 Å². The zero-order chi connectivity index (χ0) is 12.7. The number of ether oxygens (including phenoxy) is 1. The number of esters is 1. The molecule has 1 aromatic rings. The predicted octanol–water partition coefficient (Wildman–Crippen LogP) is 1.71. The van der Waals surface area contributed by atoms with E-state index in [1.807, 2.05) is 0 Å². The van der Waals surface area contributed by atoms with Crippen LogP contribution >= 0.6 is 34.9 Å². The molecular formula is C9H14ClN3O2S2. The first-order chi connectivity index (χ1) is 8.15. The van der Waals surface area contributed by atoms with Crippen LogP contribution in [0, 0.1) is 0 Å². The minimum atomic E-state index is -0.550. The van der Waals surface area contributed by atoms with Gasteiger partial charge in [-0.05, 0) is 19.1 Å². The van der Waals surface area contributed by atoms with E-state index in [0.717, 1.165) is 11.4 Å². The first-order valence-electron chi connectivity index (χ1n) is 5.11. The Morgan fingerprint density at radius 3 is 3.06 bits per heavy atom. The number of nitrogens with two attached hydrogens (primary N) is 1. The zero-order valence-corrected chi connectivity index (χ0v) is 11.8. The van der Waals surface area contributed by atoms with Gasteiger partial charge in [-0.25, -0.2) is 0 Å². The summed E-state index contributed by atoms with van der Waals surface area (Å²) in [6.07, 6.45) is 0.582. The second kappa shape index (κ2) is 7.86. The van der Waals surface area contributed by atoms with Gasteiger partial charge in [-0.15, -0.1) is 5.10 Å².